The lowest BCUT2D eigenvalue weighted by Crippen LogP contribution is -2.35. The van der Waals surface area contributed by atoms with E-state index in [2.05, 4.69) is 46.3 Å². The summed E-state index contributed by atoms with van der Waals surface area (Å²) in [7, 11) is 6.25. The Morgan fingerprint density at radius 2 is 0.811 bits per heavy atom. The number of nitrogens with zero attached hydrogens (tertiary/aromatic N) is 20. The molecule has 8 aliphatic rings. The van der Waals surface area contributed by atoms with Crippen LogP contribution in [0.1, 0.15) is 134 Å². The van der Waals surface area contributed by atoms with Crippen LogP contribution < -0.4 is 21.3 Å². The number of fused-ring (bicyclic) bond motifs is 4. The van der Waals surface area contributed by atoms with Crippen molar-refractivity contribution >= 4 is 81.3 Å². The molecule has 4 saturated heterocycles. The van der Waals surface area contributed by atoms with Crippen LogP contribution in [0.25, 0.3) is 44.5 Å². The van der Waals surface area contributed by atoms with Crippen LogP contribution in [0.3, 0.4) is 0 Å². The van der Waals surface area contributed by atoms with Crippen LogP contribution in [0.5, 0.6) is 0 Å². The Bertz CT molecular complexity index is 6300. The van der Waals surface area contributed by atoms with Crippen LogP contribution in [0, 0.1) is 17.5 Å². The molecule has 4 fully saturated rings. The molecule has 132 heavy (non-hydrogen) atoms. The Labute approximate surface area is 756 Å². The highest BCUT2D eigenvalue weighted by Gasteiger charge is 2.41. The molecule has 4 atom stereocenters. The minimum atomic E-state index is -4.66. The molecule has 8 aromatic heterocycles. The smallest absolute Gasteiger partial charge is 0.379 e. The van der Waals surface area contributed by atoms with Crippen LogP contribution in [-0.4, -0.2) is 201 Å². The summed E-state index contributed by atoms with van der Waals surface area (Å²) >= 11 is 6.58. The topological polar surface area (TPSA) is 309 Å². The van der Waals surface area contributed by atoms with Crippen molar-refractivity contribution in [3.05, 3.63) is 189 Å². The molecule has 3 unspecified atom stereocenters. The van der Waals surface area contributed by atoms with Crippen molar-refractivity contribution in [3.8, 4) is 44.5 Å². The number of carbonyl (C=O) groups is 4. The first kappa shape index (κ1) is 91.1. The number of alkyl halides is 6. The van der Waals surface area contributed by atoms with E-state index in [0.29, 0.717) is 163 Å². The predicted molar refractivity (Wildman–Crippen MR) is 469 cm³/mol. The zero-order valence-corrected chi connectivity index (χ0v) is 74.4. The van der Waals surface area contributed by atoms with Crippen LogP contribution in [0.15, 0.2) is 110 Å². The second-order valence-corrected chi connectivity index (χ2v) is 34.3. The highest BCUT2D eigenvalue weighted by atomic mass is 35.5. The summed E-state index contributed by atoms with van der Waals surface area (Å²) in [5.41, 5.74) is 11.0. The normalized spacial score (nSPS) is 18.2. The molecule has 4 amide bonds. The number of hydrogen-bond donors (Lipinski definition) is 4. The van der Waals surface area contributed by atoms with E-state index in [-0.39, 0.29) is 75.7 Å². The molecule has 12 aromatic rings. The molecule has 0 bridgehead atoms. The van der Waals surface area contributed by atoms with Crippen LogP contribution >= 0.6 is 11.6 Å². The molecule has 20 rings (SSSR count). The van der Waals surface area contributed by atoms with E-state index in [1.165, 1.54) is 62.1 Å². The second kappa shape index (κ2) is 37.8. The van der Waals surface area contributed by atoms with Gasteiger partial charge in [-0.3, -0.25) is 56.6 Å². The summed E-state index contributed by atoms with van der Waals surface area (Å²) in [5.74, 6) is -0.215. The highest BCUT2D eigenvalue weighted by molar-refractivity contribution is 6.33. The Kier molecular flexibility index (Phi) is 26.1. The van der Waals surface area contributed by atoms with Gasteiger partial charge < -0.3 is 59.8 Å². The van der Waals surface area contributed by atoms with E-state index in [9.17, 15) is 54.3 Å². The van der Waals surface area contributed by atoms with Crippen LogP contribution in [-0.2, 0) is 131 Å². The largest absolute Gasteiger partial charge is 0.435 e. The standard InChI is InChI=1S/C23H24F4N6O2.C23H25F3N6O2.C22H25ClN6O2.C22H24F2N6O2/c1-13(34)32-7-5-20-17(11-32)22(30-33(20)15-6-8-35-12-15)28-19-4-3-14(9-18(19)24)16-10-31(2)29-21(16)23(25,26)27;1-14(33)31-9-7-20-19(12-31)22(29-32(20)17-8-10-34-13-17)28-16-5-3-15(4-6-16)18-11-27-30(2)21(18)23(24,25)26;1-14(30)28-7-5-21-19(12-28)22(26-29(21)17-6-8-31-13-17)25-16-3-4-18(20(23)9-16)15-10-24-27(2)11-15;1-13(31)29-5-3-20-18(11-29)22(27-30(20)16-4-6-32-12-16)26-15-7-17(21(24)19(23)8-15)14-9-25-28(2)10-14/h3-4,9-10,15H,5-8,11-12H2,1-2H3,(H,28,30);3-6,11,17H,7-10,12-13H2,1-2H3,(H,28,29);3-4,9-11,17H,5-8,12-13H2,1-2H3,(H,25,26);7-10,16H,3-6,11-12H2,1-2H3,(H,26,27)/t15-;;;/m1.../s1. The fourth-order valence-corrected chi connectivity index (χ4v) is 18.4. The van der Waals surface area contributed by atoms with Gasteiger partial charge in [-0.25, -0.2) is 13.2 Å². The Balaban J connectivity index is 0.000000123. The van der Waals surface area contributed by atoms with Gasteiger partial charge in [0, 0.05) is 254 Å². The van der Waals surface area contributed by atoms with Crippen molar-refractivity contribution < 1.29 is 77.6 Å². The SMILES string of the molecule is CC(=O)N1CCc2c(c(Nc3cc(F)c(F)c(-c4cnn(C)c4)c3)nn2C2CCOC2)C1.CC(=O)N1CCc2c(c(Nc3ccc(-c4cn(C)nc4C(F)(F)F)cc3F)nn2[C@@H]2CCOC2)C1.CC(=O)N1CCc2c(c(Nc3ccc(-c4cnn(C)c4)c(Cl)c3)nn2C2CCOC2)C1.CC(=O)N1CCc2c(c(Nc3ccc(-c4cnn(C)c4C(F)(F)F)cc3)nn2C2CCOC2)C1. The molecular weight excluding hydrogens is 1750 g/mol. The molecule has 0 spiro atoms. The van der Waals surface area contributed by atoms with Gasteiger partial charge in [0.2, 0.25) is 23.6 Å². The van der Waals surface area contributed by atoms with Gasteiger partial charge in [0.1, 0.15) is 11.5 Å². The van der Waals surface area contributed by atoms with Gasteiger partial charge in [0.05, 0.1) is 106 Å². The zero-order chi connectivity index (χ0) is 92.9. The summed E-state index contributed by atoms with van der Waals surface area (Å²) in [4.78, 5) is 55.1. The number of rotatable bonds is 16. The Hall–Kier alpha value is -12.9. The first-order valence-electron chi connectivity index (χ1n) is 43.4. The second-order valence-electron chi connectivity index (χ2n) is 33.9. The maximum Gasteiger partial charge on any atom is 0.435 e. The number of hydrogen-bond acceptors (Lipinski definition) is 20. The third-order valence-electron chi connectivity index (χ3n) is 25.0. The van der Waals surface area contributed by atoms with E-state index in [1.54, 1.807) is 89.9 Å². The number of aryl methyl sites for hydroxylation is 4. The summed E-state index contributed by atoms with van der Waals surface area (Å²) < 4.78 is 160. The number of halogens is 10. The molecule has 42 heteroatoms. The van der Waals surface area contributed by atoms with Crippen molar-refractivity contribution in [1.29, 1.82) is 0 Å². The van der Waals surface area contributed by atoms with E-state index >= 15 is 4.39 Å². The average molecular weight is 1850 g/mol. The molecule has 4 aromatic carbocycles. The lowest BCUT2D eigenvalue weighted by molar-refractivity contribution is -0.143. The number of aromatic nitrogens is 16. The van der Waals surface area contributed by atoms with E-state index in [1.807, 2.05) is 50.4 Å². The quantitative estimate of drug-likeness (QED) is 0.0653. The molecule has 696 valence electrons. The molecule has 16 heterocycles. The molecule has 0 aliphatic carbocycles. The van der Waals surface area contributed by atoms with Gasteiger partial charge in [-0.05, 0) is 79.3 Å². The fraction of sp³-hybridized carbons (Fsp3) is 0.422. The van der Waals surface area contributed by atoms with Gasteiger partial charge >= 0.3 is 12.4 Å². The maximum absolute atomic E-state index is 15.1. The predicted octanol–water partition coefficient (Wildman–Crippen LogP) is 14.7. The number of carbonyl (C=O) groups excluding carboxylic acids is 4. The molecule has 8 aliphatic heterocycles. The van der Waals surface area contributed by atoms with Crippen molar-refractivity contribution in [2.24, 2.45) is 28.2 Å². The first-order chi connectivity index (χ1) is 63.2. The number of nitrogens with one attached hydrogen (secondary N) is 4. The monoisotopic (exact) mass is 1850 g/mol. The van der Waals surface area contributed by atoms with Gasteiger partial charge in [0.15, 0.2) is 40.6 Å². The van der Waals surface area contributed by atoms with E-state index < -0.39 is 41.2 Å². The maximum atomic E-state index is 15.1. The number of ether oxygens (including phenoxy) is 4. The Morgan fingerprint density at radius 1 is 0.402 bits per heavy atom. The first-order valence-corrected chi connectivity index (χ1v) is 43.8. The molecule has 0 radical (unpaired) electrons. The fourth-order valence-electron chi connectivity index (χ4n) is 18.1. The lowest BCUT2D eigenvalue weighted by atomic mass is 10.0. The van der Waals surface area contributed by atoms with Crippen LogP contribution in [0.2, 0.25) is 5.02 Å². The van der Waals surface area contributed by atoms with E-state index in [0.717, 1.165) is 122 Å². The lowest BCUT2D eigenvalue weighted by Gasteiger charge is -2.27. The van der Waals surface area contributed by atoms with E-state index in [4.69, 9.17) is 50.9 Å². The van der Waals surface area contributed by atoms with Crippen molar-refractivity contribution in [2.75, 3.05) is 100 Å². The van der Waals surface area contributed by atoms with Crippen molar-refractivity contribution in [2.45, 2.75) is 142 Å². The summed E-state index contributed by atoms with van der Waals surface area (Å²) in [6.45, 7) is 15.7. The highest BCUT2D eigenvalue weighted by Crippen LogP contribution is 2.44. The third kappa shape index (κ3) is 19.3. The van der Waals surface area contributed by atoms with Gasteiger partial charge in [-0.1, -0.05) is 35.9 Å². The van der Waals surface area contributed by atoms with Gasteiger partial charge in [0.25, 0.3) is 0 Å². The van der Waals surface area contributed by atoms with Crippen LogP contribution in [0.4, 0.5) is 85.5 Å². The summed E-state index contributed by atoms with van der Waals surface area (Å²) in [6.07, 6.45) is 6.42. The average Bonchev–Trinajstić information content (AvgIpc) is 1.63. The minimum Gasteiger partial charge on any atom is -0.379 e. The third-order valence-corrected chi connectivity index (χ3v) is 25.3. The zero-order valence-electron chi connectivity index (χ0n) is 73.7. The summed E-state index contributed by atoms with van der Waals surface area (Å²) in [5, 5.41) is 48.3. The summed E-state index contributed by atoms with van der Waals surface area (Å²) in [6, 6.07) is 19.7. The molecule has 32 nitrogen and oxygen atoms in total. The van der Waals surface area contributed by atoms with Gasteiger partial charge in [-0.2, -0.15) is 67.1 Å². The molecular formula is C90H98ClF9N24O8. The van der Waals surface area contributed by atoms with Crippen molar-refractivity contribution in [3.63, 3.8) is 0 Å². The minimum absolute atomic E-state index is 0.00904. The van der Waals surface area contributed by atoms with Crippen molar-refractivity contribution in [1.82, 2.24) is 97.8 Å². The number of amides is 4. The van der Waals surface area contributed by atoms with Gasteiger partial charge in [-0.15, -0.1) is 0 Å². The number of benzene rings is 4. The molecule has 0 saturated carbocycles. The Morgan fingerprint density at radius 3 is 1.20 bits per heavy atom. The molecule has 4 N–H and O–H groups in total. The number of anilines is 8.